The molecule has 0 atom stereocenters. The molecule has 1 N–H and O–H groups in total. The van der Waals surface area contributed by atoms with E-state index >= 15 is 0 Å². The normalized spacial score (nSPS) is 10.2. The van der Waals surface area contributed by atoms with Crippen molar-refractivity contribution < 1.29 is 9.53 Å². The number of carbonyl (C=O) groups is 1. The Morgan fingerprint density at radius 1 is 1.09 bits per heavy atom. The Labute approximate surface area is 136 Å². The van der Waals surface area contributed by atoms with Crippen LogP contribution in [-0.4, -0.2) is 25.3 Å². The molecule has 0 aliphatic carbocycles. The zero-order valence-corrected chi connectivity index (χ0v) is 13.6. The smallest absolute Gasteiger partial charge is 0.220 e. The second-order valence-corrected chi connectivity index (χ2v) is 6.03. The molecule has 0 saturated heterocycles. The van der Waals surface area contributed by atoms with Gasteiger partial charge >= 0.3 is 0 Å². The Morgan fingerprint density at radius 2 is 1.82 bits per heavy atom. The lowest BCUT2D eigenvalue weighted by atomic mass is 10.1. The molecule has 1 amide bonds. The first-order chi connectivity index (χ1) is 10.8. The zero-order valence-electron chi connectivity index (χ0n) is 12.7. The summed E-state index contributed by atoms with van der Waals surface area (Å²) in [7, 11) is 1.65. The van der Waals surface area contributed by atoms with Crippen LogP contribution >= 0.6 is 11.8 Å². The predicted octanol–water partition coefficient (Wildman–Crippen LogP) is 3.54. The van der Waals surface area contributed by atoms with Gasteiger partial charge in [0.05, 0.1) is 7.11 Å². The minimum absolute atomic E-state index is 0.101. The number of benzene rings is 2. The van der Waals surface area contributed by atoms with Gasteiger partial charge in [-0.1, -0.05) is 30.3 Å². The van der Waals surface area contributed by atoms with Gasteiger partial charge in [-0.25, -0.2) is 0 Å². The van der Waals surface area contributed by atoms with Crippen LogP contribution < -0.4 is 10.1 Å². The quantitative estimate of drug-likeness (QED) is 0.598. The molecule has 0 heterocycles. The molecular formula is C18H21NO2S. The van der Waals surface area contributed by atoms with Gasteiger partial charge in [0, 0.05) is 23.6 Å². The molecule has 116 valence electrons. The third-order valence-corrected chi connectivity index (χ3v) is 4.25. The first-order valence-electron chi connectivity index (χ1n) is 7.35. The van der Waals surface area contributed by atoms with Crippen molar-refractivity contribution in [3.8, 4) is 5.75 Å². The molecule has 0 spiro atoms. The van der Waals surface area contributed by atoms with E-state index in [1.54, 1.807) is 18.9 Å². The van der Waals surface area contributed by atoms with Gasteiger partial charge in [0.1, 0.15) is 5.75 Å². The van der Waals surface area contributed by atoms with Crippen molar-refractivity contribution in [3.05, 3.63) is 60.2 Å². The number of amides is 1. The molecule has 2 rings (SSSR count). The summed E-state index contributed by atoms with van der Waals surface area (Å²) in [6, 6.07) is 18.0. The Balaban J connectivity index is 1.61. The maximum Gasteiger partial charge on any atom is 0.220 e. The molecule has 0 aromatic heterocycles. The molecule has 2 aromatic carbocycles. The van der Waals surface area contributed by atoms with Crippen LogP contribution in [0.25, 0.3) is 0 Å². The summed E-state index contributed by atoms with van der Waals surface area (Å²) in [5.74, 6) is 1.83. The Morgan fingerprint density at radius 3 is 2.50 bits per heavy atom. The largest absolute Gasteiger partial charge is 0.497 e. The van der Waals surface area contributed by atoms with Crippen LogP contribution in [0.3, 0.4) is 0 Å². The molecular weight excluding hydrogens is 294 g/mol. The minimum atomic E-state index is 0.101. The number of carbonyl (C=O) groups excluding carboxylic acids is 1. The SMILES string of the molecule is COc1ccc(CCC(=O)NCCSc2ccccc2)cc1. The topological polar surface area (TPSA) is 38.3 Å². The van der Waals surface area contributed by atoms with E-state index in [-0.39, 0.29) is 5.91 Å². The zero-order chi connectivity index (χ0) is 15.6. The van der Waals surface area contributed by atoms with Gasteiger partial charge in [0.15, 0.2) is 0 Å². The summed E-state index contributed by atoms with van der Waals surface area (Å²) in [6.45, 7) is 0.695. The second-order valence-electron chi connectivity index (χ2n) is 4.86. The Kier molecular flexibility index (Phi) is 6.84. The Bertz CT molecular complexity index is 569. The highest BCUT2D eigenvalue weighted by atomic mass is 32.2. The van der Waals surface area contributed by atoms with Crippen LogP contribution in [0.2, 0.25) is 0 Å². The second kappa shape index (κ2) is 9.15. The van der Waals surface area contributed by atoms with Gasteiger partial charge in [-0.15, -0.1) is 11.8 Å². The standard InChI is InChI=1S/C18H21NO2S/c1-21-16-10-7-15(8-11-16)9-12-18(20)19-13-14-22-17-5-3-2-4-6-17/h2-8,10-11H,9,12-14H2,1H3,(H,19,20). The first-order valence-corrected chi connectivity index (χ1v) is 8.34. The fourth-order valence-corrected chi connectivity index (χ4v) is 2.80. The number of nitrogens with one attached hydrogen (secondary N) is 1. The first kappa shape index (κ1) is 16.4. The molecule has 0 fully saturated rings. The number of rotatable bonds is 8. The van der Waals surface area contributed by atoms with E-state index in [4.69, 9.17) is 4.74 Å². The van der Waals surface area contributed by atoms with Crippen molar-refractivity contribution in [2.75, 3.05) is 19.4 Å². The van der Waals surface area contributed by atoms with Crippen LogP contribution in [0.15, 0.2) is 59.5 Å². The summed E-state index contributed by atoms with van der Waals surface area (Å²) in [4.78, 5) is 13.0. The summed E-state index contributed by atoms with van der Waals surface area (Å²) in [5.41, 5.74) is 1.15. The van der Waals surface area contributed by atoms with E-state index in [1.807, 2.05) is 42.5 Å². The average molecular weight is 315 g/mol. The van der Waals surface area contributed by atoms with Crippen molar-refractivity contribution in [1.29, 1.82) is 0 Å². The van der Waals surface area contributed by atoms with E-state index in [2.05, 4.69) is 17.4 Å². The van der Waals surface area contributed by atoms with E-state index in [0.717, 1.165) is 23.5 Å². The maximum atomic E-state index is 11.8. The minimum Gasteiger partial charge on any atom is -0.497 e. The van der Waals surface area contributed by atoms with Crippen LogP contribution in [0, 0.1) is 0 Å². The van der Waals surface area contributed by atoms with Gasteiger partial charge in [-0.3, -0.25) is 4.79 Å². The van der Waals surface area contributed by atoms with Crippen molar-refractivity contribution >= 4 is 17.7 Å². The molecule has 0 aliphatic heterocycles. The highest BCUT2D eigenvalue weighted by Gasteiger charge is 2.02. The maximum absolute atomic E-state index is 11.8. The molecule has 0 radical (unpaired) electrons. The van der Waals surface area contributed by atoms with E-state index in [0.29, 0.717) is 13.0 Å². The van der Waals surface area contributed by atoms with Crippen LogP contribution in [0.4, 0.5) is 0 Å². The summed E-state index contributed by atoms with van der Waals surface area (Å²) < 4.78 is 5.12. The molecule has 4 heteroatoms. The number of thioether (sulfide) groups is 1. The van der Waals surface area contributed by atoms with Gasteiger partial charge in [0.25, 0.3) is 0 Å². The number of ether oxygens (including phenoxy) is 1. The fourth-order valence-electron chi connectivity index (χ4n) is 2.01. The third-order valence-electron chi connectivity index (χ3n) is 3.24. The van der Waals surface area contributed by atoms with Gasteiger partial charge in [-0.2, -0.15) is 0 Å². The van der Waals surface area contributed by atoms with Crippen molar-refractivity contribution in [2.45, 2.75) is 17.7 Å². The lowest BCUT2D eigenvalue weighted by molar-refractivity contribution is -0.120. The molecule has 3 nitrogen and oxygen atoms in total. The van der Waals surface area contributed by atoms with Crippen LogP contribution in [-0.2, 0) is 11.2 Å². The number of methoxy groups -OCH3 is 1. The summed E-state index contributed by atoms with van der Waals surface area (Å²) >= 11 is 1.75. The lowest BCUT2D eigenvalue weighted by Crippen LogP contribution is -2.25. The summed E-state index contributed by atoms with van der Waals surface area (Å²) in [6.07, 6.45) is 1.27. The predicted molar refractivity (Wildman–Crippen MR) is 91.5 cm³/mol. The van der Waals surface area contributed by atoms with Crippen LogP contribution in [0.1, 0.15) is 12.0 Å². The third kappa shape index (κ3) is 5.82. The van der Waals surface area contributed by atoms with E-state index in [1.165, 1.54) is 4.90 Å². The number of hydrogen-bond donors (Lipinski definition) is 1. The van der Waals surface area contributed by atoms with Gasteiger partial charge in [-0.05, 0) is 36.2 Å². The number of hydrogen-bond acceptors (Lipinski definition) is 3. The Hall–Kier alpha value is -1.94. The molecule has 0 aliphatic rings. The molecule has 22 heavy (non-hydrogen) atoms. The fraction of sp³-hybridized carbons (Fsp3) is 0.278. The summed E-state index contributed by atoms with van der Waals surface area (Å²) in [5, 5.41) is 2.96. The molecule has 0 bridgehead atoms. The molecule has 2 aromatic rings. The monoisotopic (exact) mass is 315 g/mol. The highest BCUT2D eigenvalue weighted by molar-refractivity contribution is 7.99. The molecule has 0 saturated carbocycles. The van der Waals surface area contributed by atoms with Crippen LogP contribution in [0.5, 0.6) is 5.75 Å². The lowest BCUT2D eigenvalue weighted by Gasteiger charge is -2.06. The van der Waals surface area contributed by atoms with Crippen molar-refractivity contribution in [1.82, 2.24) is 5.32 Å². The van der Waals surface area contributed by atoms with Gasteiger partial charge in [0.2, 0.25) is 5.91 Å². The molecule has 0 unspecified atom stereocenters. The van der Waals surface area contributed by atoms with E-state index < -0.39 is 0 Å². The average Bonchev–Trinajstić information content (AvgIpc) is 2.58. The van der Waals surface area contributed by atoms with Crippen molar-refractivity contribution in [3.63, 3.8) is 0 Å². The van der Waals surface area contributed by atoms with Gasteiger partial charge < -0.3 is 10.1 Å². The highest BCUT2D eigenvalue weighted by Crippen LogP contribution is 2.16. The number of aryl methyl sites for hydroxylation is 1. The van der Waals surface area contributed by atoms with E-state index in [9.17, 15) is 4.79 Å². The van der Waals surface area contributed by atoms with Crippen molar-refractivity contribution in [2.24, 2.45) is 0 Å².